The topological polar surface area (TPSA) is 47.3 Å². The van der Waals surface area contributed by atoms with Crippen molar-refractivity contribution >= 4 is 23.2 Å². The van der Waals surface area contributed by atoms with Crippen LogP contribution in [0.25, 0.3) is 11.3 Å². The molecule has 0 radical (unpaired) electrons. The van der Waals surface area contributed by atoms with Crippen LogP contribution in [0.1, 0.15) is 5.89 Å². The van der Waals surface area contributed by atoms with Gasteiger partial charge in [0.15, 0.2) is 5.76 Å². The highest BCUT2D eigenvalue weighted by molar-refractivity contribution is 6.35. The van der Waals surface area contributed by atoms with Crippen LogP contribution in [0.15, 0.2) is 28.8 Å². The summed E-state index contributed by atoms with van der Waals surface area (Å²) in [6.07, 6.45) is 1.66. The predicted octanol–water partition coefficient (Wildman–Crippen LogP) is 3.38. The van der Waals surface area contributed by atoms with Crippen molar-refractivity contribution in [3.05, 3.63) is 40.3 Å². The van der Waals surface area contributed by atoms with Crippen molar-refractivity contribution in [1.29, 1.82) is 0 Å². The lowest BCUT2D eigenvalue weighted by molar-refractivity contribution is 0.198. The summed E-state index contributed by atoms with van der Waals surface area (Å²) in [4.78, 5) is 4.19. The van der Waals surface area contributed by atoms with Gasteiger partial charge in [-0.2, -0.15) is 0 Å². The lowest BCUT2D eigenvalue weighted by Crippen LogP contribution is -2.18. The van der Waals surface area contributed by atoms with Gasteiger partial charge in [-0.1, -0.05) is 23.2 Å². The number of ether oxygens (including phenoxy) is 1. The Hall–Kier alpha value is -1.07. The quantitative estimate of drug-likeness (QED) is 0.831. The summed E-state index contributed by atoms with van der Waals surface area (Å²) in [7, 11) is 1.66. The first kappa shape index (κ1) is 14.3. The third kappa shape index (κ3) is 4.21. The minimum Gasteiger partial charge on any atom is -0.439 e. The van der Waals surface area contributed by atoms with Crippen molar-refractivity contribution in [2.75, 3.05) is 20.3 Å². The van der Waals surface area contributed by atoms with E-state index >= 15 is 0 Å². The van der Waals surface area contributed by atoms with Crippen molar-refractivity contribution in [3.8, 4) is 11.3 Å². The molecule has 0 fully saturated rings. The summed E-state index contributed by atoms with van der Waals surface area (Å²) in [5.74, 6) is 1.26. The van der Waals surface area contributed by atoms with E-state index in [-0.39, 0.29) is 0 Å². The number of hydrogen-bond donors (Lipinski definition) is 1. The number of halogens is 2. The average Bonchev–Trinajstić information content (AvgIpc) is 2.82. The van der Waals surface area contributed by atoms with E-state index in [2.05, 4.69) is 10.3 Å². The van der Waals surface area contributed by atoms with Gasteiger partial charge in [0.2, 0.25) is 5.89 Å². The van der Waals surface area contributed by atoms with E-state index in [0.29, 0.717) is 34.8 Å². The van der Waals surface area contributed by atoms with E-state index < -0.39 is 0 Å². The molecule has 0 saturated carbocycles. The number of nitrogens with zero attached hydrogens (tertiary/aromatic N) is 1. The van der Waals surface area contributed by atoms with Crippen molar-refractivity contribution in [3.63, 3.8) is 0 Å². The number of oxazole rings is 1. The Bertz CT molecular complexity index is 523. The molecule has 102 valence electrons. The number of aromatic nitrogens is 1. The highest BCUT2D eigenvalue weighted by atomic mass is 35.5. The Labute approximate surface area is 121 Å². The summed E-state index contributed by atoms with van der Waals surface area (Å²) in [5, 5.41) is 4.29. The van der Waals surface area contributed by atoms with Gasteiger partial charge < -0.3 is 14.5 Å². The van der Waals surface area contributed by atoms with Gasteiger partial charge in [-0.15, -0.1) is 0 Å². The maximum Gasteiger partial charge on any atom is 0.208 e. The number of methoxy groups -OCH3 is 1. The van der Waals surface area contributed by atoms with Crippen LogP contribution in [0.4, 0.5) is 0 Å². The minimum absolute atomic E-state index is 0.553. The van der Waals surface area contributed by atoms with Crippen molar-refractivity contribution < 1.29 is 9.15 Å². The highest BCUT2D eigenvalue weighted by Crippen LogP contribution is 2.27. The third-order valence-corrected chi connectivity index (χ3v) is 2.90. The average molecular weight is 301 g/mol. The minimum atomic E-state index is 0.553. The highest BCUT2D eigenvalue weighted by Gasteiger charge is 2.08. The first-order chi connectivity index (χ1) is 9.19. The SMILES string of the molecule is COCCNCc1ncc(-c2cc(Cl)cc(Cl)c2)o1. The normalized spacial score (nSPS) is 10.9. The molecule has 1 N–H and O–H groups in total. The van der Waals surface area contributed by atoms with Gasteiger partial charge in [0.25, 0.3) is 0 Å². The molecule has 0 aliphatic heterocycles. The van der Waals surface area contributed by atoms with E-state index in [9.17, 15) is 0 Å². The van der Waals surface area contributed by atoms with E-state index in [1.165, 1.54) is 0 Å². The summed E-state index contributed by atoms with van der Waals surface area (Å²) in [6.45, 7) is 1.95. The molecule has 0 aliphatic carbocycles. The largest absolute Gasteiger partial charge is 0.439 e. The lowest BCUT2D eigenvalue weighted by Gasteiger charge is -2.01. The third-order valence-electron chi connectivity index (χ3n) is 2.46. The Balaban J connectivity index is 2.03. The van der Waals surface area contributed by atoms with Crippen LogP contribution in [-0.2, 0) is 11.3 Å². The van der Waals surface area contributed by atoms with Crippen LogP contribution in [0.3, 0.4) is 0 Å². The number of benzene rings is 1. The second kappa shape index (κ2) is 6.91. The van der Waals surface area contributed by atoms with Crippen LogP contribution in [0.2, 0.25) is 10.0 Å². The van der Waals surface area contributed by atoms with E-state index in [1.807, 2.05) is 0 Å². The zero-order valence-electron chi connectivity index (χ0n) is 10.5. The molecule has 19 heavy (non-hydrogen) atoms. The smallest absolute Gasteiger partial charge is 0.208 e. The van der Waals surface area contributed by atoms with Gasteiger partial charge in [-0.05, 0) is 18.2 Å². The molecule has 0 atom stereocenters. The molecule has 0 bridgehead atoms. The van der Waals surface area contributed by atoms with Crippen molar-refractivity contribution in [2.45, 2.75) is 6.54 Å². The lowest BCUT2D eigenvalue weighted by atomic mass is 10.2. The van der Waals surface area contributed by atoms with Crippen LogP contribution in [0.5, 0.6) is 0 Å². The van der Waals surface area contributed by atoms with Gasteiger partial charge in [-0.3, -0.25) is 0 Å². The molecule has 4 nitrogen and oxygen atoms in total. The van der Waals surface area contributed by atoms with Gasteiger partial charge in [-0.25, -0.2) is 4.98 Å². The first-order valence-electron chi connectivity index (χ1n) is 5.80. The Kier molecular flexibility index (Phi) is 5.22. The molecule has 0 saturated heterocycles. The Morgan fingerprint density at radius 1 is 1.26 bits per heavy atom. The molecule has 2 rings (SSSR count). The molecule has 1 aromatic heterocycles. The van der Waals surface area contributed by atoms with E-state index in [1.54, 1.807) is 31.5 Å². The summed E-state index contributed by atoms with van der Waals surface area (Å²) >= 11 is 11.9. The Morgan fingerprint density at radius 2 is 2.00 bits per heavy atom. The fourth-order valence-electron chi connectivity index (χ4n) is 1.59. The van der Waals surface area contributed by atoms with Crippen LogP contribution >= 0.6 is 23.2 Å². The summed E-state index contributed by atoms with van der Waals surface area (Å²) in [6, 6.07) is 5.25. The number of nitrogens with one attached hydrogen (secondary N) is 1. The fraction of sp³-hybridized carbons (Fsp3) is 0.308. The summed E-state index contributed by atoms with van der Waals surface area (Å²) in [5.41, 5.74) is 0.813. The van der Waals surface area contributed by atoms with Gasteiger partial charge in [0.1, 0.15) is 0 Å². The summed E-state index contributed by atoms with van der Waals surface area (Å²) < 4.78 is 10.6. The molecule has 1 heterocycles. The molecule has 6 heteroatoms. The van der Waals surface area contributed by atoms with Crippen molar-refractivity contribution in [1.82, 2.24) is 10.3 Å². The van der Waals surface area contributed by atoms with Gasteiger partial charge in [0, 0.05) is 29.3 Å². The van der Waals surface area contributed by atoms with Crippen LogP contribution in [-0.4, -0.2) is 25.2 Å². The Morgan fingerprint density at radius 3 is 2.68 bits per heavy atom. The predicted molar refractivity (Wildman–Crippen MR) is 75.5 cm³/mol. The van der Waals surface area contributed by atoms with Gasteiger partial charge in [0.05, 0.1) is 19.3 Å². The second-order valence-corrected chi connectivity index (χ2v) is 4.82. The van der Waals surface area contributed by atoms with Crippen LogP contribution < -0.4 is 5.32 Å². The molecule has 0 aliphatic rings. The first-order valence-corrected chi connectivity index (χ1v) is 6.55. The molecular weight excluding hydrogens is 287 g/mol. The monoisotopic (exact) mass is 300 g/mol. The molecular formula is C13H14Cl2N2O2. The fourth-order valence-corrected chi connectivity index (χ4v) is 2.12. The maximum absolute atomic E-state index is 5.95. The number of hydrogen-bond acceptors (Lipinski definition) is 4. The van der Waals surface area contributed by atoms with Gasteiger partial charge >= 0.3 is 0 Å². The molecule has 0 spiro atoms. The van der Waals surface area contributed by atoms with Crippen LogP contribution in [0, 0.1) is 0 Å². The molecule has 0 amide bonds. The van der Waals surface area contributed by atoms with Crippen molar-refractivity contribution in [2.24, 2.45) is 0 Å². The number of rotatable bonds is 6. The van der Waals surface area contributed by atoms with E-state index in [0.717, 1.165) is 12.1 Å². The molecule has 0 unspecified atom stereocenters. The molecule has 2 aromatic rings. The standard InChI is InChI=1S/C13H14Cl2N2O2/c1-18-3-2-16-8-13-17-7-12(19-13)9-4-10(14)6-11(15)5-9/h4-7,16H,2-3,8H2,1H3. The van der Waals surface area contributed by atoms with E-state index in [4.69, 9.17) is 32.4 Å². The zero-order valence-corrected chi connectivity index (χ0v) is 12.0. The maximum atomic E-state index is 5.95. The zero-order chi connectivity index (χ0) is 13.7. The second-order valence-electron chi connectivity index (χ2n) is 3.95. The molecule has 1 aromatic carbocycles.